The third-order valence-corrected chi connectivity index (χ3v) is 4.06. The average molecular weight is 294 g/mol. The van der Waals surface area contributed by atoms with E-state index in [2.05, 4.69) is 0 Å². The Morgan fingerprint density at radius 3 is 2.62 bits per heavy atom. The quantitative estimate of drug-likeness (QED) is 0.838. The Labute approximate surface area is 122 Å². The number of carboxylic acid groups (broad SMARTS) is 1. The van der Waals surface area contributed by atoms with Gasteiger partial charge in [-0.1, -0.05) is 0 Å². The van der Waals surface area contributed by atoms with Crippen LogP contribution in [-0.4, -0.2) is 24.3 Å². The van der Waals surface area contributed by atoms with Crippen LogP contribution in [0.25, 0.3) is 0 Å². The lowest BCUT2D eigenvalue weighted by atomic mass is 9.90. The molecule has 21 heavy (non-hydrogen) atoms. The highest BCUT2D eigenvalue weighted by Crippen LogP contribution is 2.50. The fraction of sp³-hybridized carbons (Fsp3) is 0.562. The molecule has 5 heteroatoms. The Kier molecular flexibility index (Phi) is 3.74. The minimum Gasteiger partial charge on any atom is -0.493 e. The third kappa shape index (κ3) is 3.28. The van der Waals surface area contributed by atoms with Crippen LogP contribution in [0.2, 0.25) is 0 Å². The Balaban J connectivity index is 2.00. The summed E-state index contributed by atoms with van der Waals surface area (Å²) in [6.07, 6.45) is 4.07. The molecule has 3 rings (SSSR count). The van der Waals surface area contributed by atoms with Crippen LogP contribution in [0.4, 0.5) is 4.39 Å². The largest absolute Gasteiger partial charge is 0.493 e. The van der Waals surface area contributed by atoms with Gasteiger partial charge in [0.05, 0.1) is 19.6 Å². The summed E-state index contributed by atoms with van der Waals surface area (Å²) in [7, 11) is 1.47. The van der Waals surface area contributed by atoms with E-state index in [0.29, 0.717) is 23.0 Å². The number of carboxylic acids is 1. The highest BCUT2D eigenvalue weighted by molar-refractivity contribution is 5.69. The van der Waals surface area contributed by atoms with E-state index in [-0.39, 0.29) is 18.4 Å². The first-order valence-electron chi connectivity index (χ1n) is 7.34. The molecule has 0 aromatic heterocycles. The van der Waals surface area contributed by atoms with Gasteiger partial charge in [0.15, 0.2) is 11.5 Å². The molecule has 1 N–H and O–H groups in total. The van der Waals surface area contributed by atoms with E-state index < -0.39 is 11.8 Å². The zero-order chi connectivity index (χ0) is 15.0. The summed E-state index contributed by atoms with van der Waals surface area (Å²) in [5, 5.41) is 9.14. The van der Waals surface area contributed by atoms with Gasteiger partial charge in [-0.2, -0.15) is 0 Å². The molecular formula is C16H19FO4. The van der Waals surface area contributed by atoms with E-state index in [9.17, 15) is 9.18 Å². The maximum Gasteiger partial charge on any atom is 0.303 e. The van der Waals surface area contributed by atoms with Crippen molar-refractivity contribution < 1.29 is 23.8 Å². The number of halogens is 1. The number of hydrogen-bond donors (Lipinski definition) is 1. The normalized spacial score (nSPS) is 19.1. The molecule has 0 saturated heterocycles. The van der Waals surface area contributed by atoms with Crippen LogP contribution >= 0.6 is 0 Å². The van der Waals surface area contributed by atoms with Crippen molar-refractivity contribution in [3.63, 3.8) is 0 Å². The second kappa shape index (κ2) is 5.54. The smallest absolute Gasteiger partial charge is 0.303 e. The van der Waals surface area contributed by atoms with Crippen molar-refractivity contribution in [3.8, 4) is 11.5 Å². The van der Waals surface area contributed by atoms with Gasteiger partial charge in [-0.05, 0) is 37.7 Å². The number of methoxy groups -OCH3 is 1. The molecule has 0 radical (unpaired) electrons. The van der Waals surface area contributed by atoms with Crippen molar-refractivity contribution in [3.05, 3.63) is 23.5 Å². The van der Waals surface area contributed by atoms with Crippen LogP contribution in [0.3, 0.4) is 0 Å². The molecule has 0 amide bonds. The molecule has 0 spiro atoms. The van der Waals surface area contributed by atoms with Crippen LogP contribution in [0, 0.1) is 11.7 Å². The zero-order valence-electron chi connectivity index (χ0n) is 12.0. The maximum absolute atomic E-state index is 13.8. The summed E-state index contributed by atoms with van der Waals surface area (Å²) in [6, 6.07) is 2.71. The lowest BCUT2D eigenvalue weighted by Crippen LogP contribution is -2.12. The topological polar surface area (TPSA) is 55.8 Å². The van der Waals surface area contributed by atoms with Gasteiger partial charge in [0.25, 0.3) is 0 Å². The number of carbonyl (C=O) groups is 1. The molecule has 0 bridgehead atoms. The van der Waals surface area contributed by atoms with Crippen molar-refractivity contribution in [1.29, 1.82) is 0 Å². The molecule has 2 aliphatic carbocycles. The van der Waals surface area contributed by atoms with Crippen molar-refractivity contribution >= 4 is 5.97 Å². The lowest BCUT2D eigenvalue weighted by Gasteiger charge is -2.21. The summed E-state index contributed by atoms with van der Waals surface area (Å²) >= 11 is 0. The number of hydrogen-bond acceptors (Lipinski definition) is 3. The molecule has 0 aliphatic heterocycles. The Morgan fingerprint density at radius 1 is 1.38 bits per heavy atom. The van der Waals surface area contributed by atoms with Crippen LogP contribution in [0.15, 0.2) is 12.1 Å². The van der Waals surface area contributed by atoms with Gasteiger partial charge in [-0.25, -0.2) is 4.39 Å². The van der Waals surface area contributed by atoms with Gasteiger partial charge in [-0.15, -0.1) is 0 Å². The Bertz CT molecular complexity index is 549. The average Bonchev–Trinajstić information content (AvgIpc) is 3.30. The summed E-state index contributed by atoms with van der Waals surface area (Å²) in [4.78, 5) is 11.1. The standard InChI is InChI=1S/C16H19FO4/c1-20-14-7-10(17)6-13(16(14)21-11-4-5-11)12(8-15(18)19)9-2-3-9/h6-7,9,11-12H,2-5,8H2,1H3,(H,18,19). The van der Waals surface area contributed by atoms with E-state index in [1.807, 2.05) is 0 Å². The van der Waals surface area contributed by atoms with Gasteiger partial charge < -0.3 is 14.6 Å². The van der Waals surface area contributed by atoms with Crippen LogP contribution < -0.4 is 9.47 Å². The van der Waals surface area contributed by atoms with E-state index in [0.717, 1.165) is 25.7 Å². The maximum atomic E-state index is 13.8. The van der Waals surface area contributed by atoms with E-state index >= 15 is 0 Å². The summed E-state index contributed by atoms with van der Waals surface area (Å²) < 4.78 is 25.0. The molecule has 1 unspecified atom stereocenters. The van der Waals surface area contributed by atoms with E-state index in [1.54, 1.807) is 0 Å². The summed E-state index contributed by atoms with van der Waals surface area (Å²) in [6.45, 7) is 0. The number of ether oxygens (including phenoxy) is 2. The summed E-state index contributed by atoms with van der Waals surface area (Å²) in [5.41, 5.74) is 0.642. The molecule has 4 nitrogen and oxygen atoms in total. The molecular weight excluding hydrogens is 275 g/mol. The van der Waals surface area contributed by atoms with Gasteiger partial charge in [0.1, 0.15) is 5.82 Å². The van der Waals surface area contributed by atoms with Crippen LogP contribution in [-0.2, 0) is 4.79 Å². The SMILES string of the molecule is COc1cc(F)cc(C(CC(=O)O)C2CC2)c1OC1CC1. The lowest BCUT2D eigenvalue weighted by molar-refractivity contribution is -0.137. The number of aliphatic carboxylic acids is 1. The molecule has 2 fully saturated rings. The second-order valence-corrected chi connectivity index (χ2v) is 5.89. The fourth-order valence-corrected chi connectivity index (χ4v) is 2.71. The molecule has 2 saturated carbocycles. The van der Waals surface area contributed by atoms with Gasteiger partial charge in [0, 0.05) is 17.5 Å². The molecule has 1 aromatic rings. The first-order valence-corrected chi connectivity index (χ1v) is 7.34. The molecule has 114 valence electrons. The zero-order valence-corrected chi connectivity index (χ0v) is 12.0. The molecule has 1 atom stereocenters. The predicted molar refractivity (Wildman–Crippen MR) is 74.3 cm³/mol. The van der Waals surface area contributed by atoms with Gasteiger partial charge >= 0.3 is 5.97 Å². The minimum atomic E-state index is -0.868. The number of rotatable bonds is 7. The Morgan fingerprint density at radius 2 is 2.10 bits per heavy atom. The third-order valence-electron chi connectivity index (χ3n) is 4.06. The number of benzene rings is 1. The first-order chi connectivity index (χ1) is 10.1. The first kappa shape index (κ1) is 14.2. The minimum absolute atomic E-state index is 0.00169. The predicted octanol–water partition coefficient (Wildman–Crippen LogP) is 3.34. The van der Waals surface area contributed by atoms with Crippen molar-refractivity contribution in [1.82, 2.24) is 0 Å². The van der Waals surface area contributed by atoms with Crippen LogP contribution in [0.1, 0.15) is 43.6 Å². The monoisotopic (exact) mass is 294 g/mol. The van der Waals surface area contributed by atoms with Gasteiger partial charge in [-0.3, -0.25) is 4.79 Å². The fourth-order valence-electron chi connectivity index (χ4n) is 2.71. The second-order valence-electron chi connectivity index (χ2n) is 5.89. The highest BCUT2D eigenvalue weighted by Gasteiger charge is 2.37. The van der Waals surface area contributed by atoms with Crippen molar-refractivity contribution in [2.45, 2.75) is 44.1 Å². The van der Waals surface area contributed by atoms with E-state index in [1.165, 1.54) is 19.2 Å². The molecule has 2 aliphatic rings. The van der Waals surface area contributed by atoms with E-state index in [4.69, 9.17) is 14.6 Å². The highest BCUT2D eigenvalue weighted by atomic mass is 19.1. The van der Waals surface area contributed by atoms with Gasteiger partial charge in [0.2, 0.25) is 0 Å². The molecule has 1 aromatic carbocycles. The summed E-state index contributed by atoms with van der Waals surface area (Å²) in [5.74, 6) is -0.309. The Hall–Kier alpha value is -1.78. The van der Waals surface area contributed by atoms with Crippen molar-refractivity contribution in [2.24, 2.45) is 5.92 Å². The molecule has 0 heterocycles. The van der Waals surface area contributed by atoms with Crippen LogP contribution in [0.5, 0.6) is 11.5 Å². The van der Waals surface area contributed by atoms with Crippen molar-refractivity contribution in [2.75, 3.05) is 7.11 Å².